The molecule has 0 N–H and O–H groups in total. The molecule has 0 aliphatic carbocycles. The molecule has 0 radical (unpaired) electrons. The van der Waals surface area contributed by atoms with Crippen LogP contribution in [-0.2, 0) is 16.1 Å². The summed E-state index contributed by atoms with van der Waals surface area (Å²) in [4.78, 5) is 29.4. The monoisotopic (exact) mass is 376 g/mol. The quantitative estimate of drug-likeness (QED) is 0.642. The Hall–Kier alpha value is -2.45. The Morgan fingerprint density at radius 3 is 2.76 bits per heavy atom. The molecule has 0 fully saturated rings. The number of nitrogens with zero attached hydrogens (tertiary/aromatic N) is 2. The summed E-state index contributed by atoms with van der Waals surface area (Å²) in [5.41, 5.74) is 0.734. The van der Waals surface area contributed by atoms with Gasteiger partial charge >= 0.3 is 5.97 Å². The molecule has 6 nitrogen and oxygen atoms in total. The number of hydrogen-bond donors (Lipinski definition) is 0. The van der Waals surface area contributed by atoms with Gasteiger partial charge in [0.2, 0.25) is 0 Å². The predicted octanol–water partition coefficient (Wildman–Crippen LogP) is 3.08. The average molecular weight is 376 g/mol. The maximum Gasteiger partial charge on any atom is 0.325 e. The van der Waals surface area contributed by atoms with Crippen molar-refractivity contribution in [1.29, 1.82) is 0 Å². The van der Waals surface area contributed by atoms with Gasteiger partial charge in [-0.25, -0.2) is 0 Å². The number of rotatable bonds is 5. The van der Waals surface area contributed by atoms with Gasteiger partial charge in [0.15, 0.2) is 4.80 Å². The first kappa shape index (κ1) is 17.4. The zero-order valence-corrected chi connectivity index (χ0v) is 15.4. The Bertz CT molecular complexity index is 970. The van der Waals surface area contributed by atoms with E-state index in [0.29, 0.717) is 22.0 Å². The first-order chi connectivity index (χ1) is 12.1. The third-order valence-electron chi connectivity index (χ3n) is 3.41. The Morgan fingerprint density at radius 1 is 1.24 bits per heavy atom. The van der Waals surface area contributed by atoms with Crippen molar-refractivity contribution >= 4 is 44.8 Å². The second-order valence-corrected chi connectivity index (χ2v) is 6.93. The zero-order valence-electron chi connectivity index (χ0n) is 13.7. The standard InChI is InChI=1S/C17H16N2O4S2/c1-3-23-11-6-4-7-12-15(11)19(10-14(20)22-2)17(25-12)18-16(21)13-8-5-9-24-13/h4-9H,3,10H2,1-2H3. The molecular weight excluding hydrogens is 360 g/mol. The van der Waals surface area contributed by atoms with Gasteiger partial charge in [-0.2, -0.15) is 4.99 Å². The number of amides is 1. The molecule has 0 aliphatic rings. The van der Waals surface area contributed by atoms with Gasteiger partial charge in [0.05, 0.1) is 23.3 Å². The summed E-state index contributed by atoms with van der Waals surface area (Å²) in [5, 5.41) is 1.82. The first-order valence-electron chi connectivity index (χ1n) is 7.58. The number of carbonyl (C=O) groups excluding carboxylic acids is 2. The topological polar surface area (TPSA) is 69.9 Å². The number of fused-ring (bicyclic) bond motifs is 1. The van der Waals surface area contributed by atoms with Crippen molar-refractivity contribution < 1.29 is 19.1 Å². The molecule has 0 saturated carbocycles. The molecule has 0 spiro atoms. The van der Waals surface area contributed by atoms with E-state index in [-0.39, 0.29) is 12.5 Å². The van der Waals surface area contributed by atoms with Crippen molar-refractivity contribution in [2.75, 3.05) is 13.7 Å². The van der Waals surface area contributed by atoms with Crippen LogP contribution in [0.3, 0.4) is 0 Å². The number of benzene rings is 1. The lowest BCUT2D eigenvalue weighted by Crippen LogP contribution is -2.22. The van der Waals surface area contributed by atoms with E-state index in [0.717, 1.165) is 10.2 Å². The Morgan fingerprint density at radius 2 is 2.08 bits per heavy atom. The van der Waals surface area contributed by atoms with E-state index in [4.69, 9.17) is 9.47 Å². The van der Waals surface area contributed by atoms with E-state index in [1.165, 1.54) is 29.8 Å². The Kier molecular flexibility index (Phi) is 5.30. The smallest absolute Gasteiger partial charge is 0.325 e. The summed E-state index contributed by atoms with van der Waals surface area (Å²) < 4.78 is 13.0. The maximum absolute atomic E-state index is 12.4. The van der Waals surface area contributed by atoms with E-state index in [1.54, 1.807) is 16.7 Å². The molecule has 0 unspecified atom stereocenters. The van der Waals surface area contributed by atoms with Crippen LogP contribution in [-0.4, -0.2) is 30.2 Å². The third-order valence-corrected chi connectivity index (χ3v) is 5.31. The van der Waals surface area contributed by atoms with Crippen LogP contribution >= 0.6 is 22.7 Å². The van der Waals surface area contributed by atoms with E-state index in [2.05, 4.69) is 4.99 Å². The minimum Gasteiger partial charge on any atom is -0.492 e. The molecule has 0 saturated heterocycles. The molecule has 3 rings (SSSR count). The van der Waals surface area contributed by atoms with Crippen LogP contribution in [0.4, 0.5) is 0 Å². The van der Waals surface area contributed by atoms with Crippen LogP contribution in [0.15, 0.2) is 40.7 Å². The highest BCUT2D eigenvalue weighted by atomic mass is 32.1. The van der Waals surface area contributed by atoms with Gasteiger partial charge < -0.3 is 14.0 Å². The van der Waals surface area contributed by atoms with Gasteiger partial charge in [0.1, 0.15) is 17.8 Å². The largest absolute Gasteiger partial charge is 0.492 e. The van der Waals surface area contributed by atoms with Crippen LogP contribution in [0.5, 0.6) is 5.75 Å². The predicted molar refractivity (Wildman–Crippen MR) is 97.2 cm³/mol. The van der Waals surface area contributed by atoms with Crippen molar-refractivity contribution in [2.45, 2.75) is 13.5 Å². The normalized spacial score (nSPS) is 11.7. The number of esters is 1. The summed E-state index contributed by atoms with van der Waals surface area (Å²) >= 11 is 2.66. The number of ether oxygens (including phenoxy) is 2. The number of aromatic nitrogens is 1. The molecule has 1 aromatic carbocycles. The summed E-state index contributed by atoms with van der Waals surface area (Å²) in [5.74, 6) is -0.112. The lowest BCUT2D eigenvalue weighted by atomic mass is 10.3. The van der Waals surface area contributed by atoms with Gasteiger partial charge in [0.25, 0.3) is 5.91 Å². The Balaban J connectivity index is 2.20. The van der Waals surface area contributed by atoms with Gasteiger partial charge in [-0.05, 0) is 30.5 Å². The number of thiazole rings is 1. The highest BCUT2D eigenvalue weighted by Gasteiger charge is 2.16. The molecule has 25 heavy (non-hydrogen) atoms. The van der Waals surface area contributed by atoms with Gasteiger partial charge in [-0.1, -0.05) is 23.5 Å². The second-order valence-electron chi connectivity index (χ2n) is 4.98. The van der Waals surface area contributed by atoms with Crippen LogP contribution in [0.25, 0.3) is 10.2 Å². The Labute approximate surface area is 152 Å². The van der Waals surface area contributed by atoms with Crippen molar-refractivity contribution in [3.8, 4) is 5.75 Å². The van der Waals surface area contributed by atoms with Crippen LogP contribution in [0.1, 0.15) is 16.6 Å². The third kappa shape index (κ3) is 3.64. The summed E-state index contributed by atoms with van der Waals surface area (Å²) in [7, 11) is 1.33. The highest BCUT2D eigenvalue weighted by Crippen LogP contribution is 2.27. The van der Waals surface area contributed by atoms with E-state index in [1.807, 2.05) is 30.5 Å². The van der Waals surface area contributed by atoms with Gasteiger partial charge in [0, 0.05) is 0 Å². The molecule has 0 aliphatic heterocycles. The fourth-order valence-electron chi connectivity index (χ4n) is 2.34. The molecule has 2 heterocycles. The maximum atomic E-state index is 12.4. The summed E-state index contributed by atoms with van der Waals surface area (Å²) in [6, 6.07) is 9.13. The van der Waals surface area contributed by atoms with Crippen molar-refractivity contribution in [3.05, 3.63) is 45.4 Å². The highest BCUT2D eigenvalue weighted by molar-refractivity contribution is 7.16. The number of thiophene rings is 1. The minimum atomic E-state index is -0.420. The van der Waals surface area contributed by atoms with E-state index in [9.17, 15) is 9.59 Å². The zero-order chi connectivity index (χ0) is 17.8. The molecule has 8 heteroatoms. The fourth-order valence-corrected chi connectivity index (χ4v) is 3.99. The fraction of sp³-hybridized carbons (Fsp3) is 0.235. The van der Waals surface area contributed by atoms with Gasteiger partial charge in [-0.3, -0.25) is 9.59 Å². The molecule has 3 aromatic rings. The van der Waals surface area contributed by atoms with Crippen LogP contribution in [0.2, 0.25) is 0 Å². The first-order valence-corrected chi connectivity index (χ1v) is 9.28. The lowest BCUT2D eigenvalue weighted by molar-refractivity contribution is -0.141. The lowest BCUT2D eigenvalue weighted by Gasteiger charge is -2.08. The molecule has 2 aromatic heterocycles. The second kappa shape index (κ2) is 7.62. The average Bonchev–Trinajstić information content (AvgIpc) is 3.24. The van der Waals surface area contributed by atoms with Crippen molar-refractivity contribution in [1.82, 2.24) is 4.57 Å². The summed E-state index contributed by atoms with van der Waals surface area (Å²) in [6.07, 6.45) is 0. The molecule has 1 amide bonds. The van der Waals surface area contributed by atoms with E-state index < -0.39 is 5.97 Å². The van der Waals surface area contributed by atoms with Crippen LogP contribution < -0.4 is 9.54 Å². The van der Waals surface area contributed by atoms with Crippen molar-refractivity contribution in [2.24, 2.45) is 4.99 Å². The number of para-hydroxylation sites is 1. The number of carbonyl (C=O) groups is 2. The summed E-state index contributed by atoms with van der Waals surface area (Å²) in [6.45, 7) is 2.34. The van der Waals surface area contributed by atoms with E-state index >= 15 is 0 Å². The van der Waals surface area contributed by atoms with Gasteiger partial charge in [-0.15, -0.1) is 11.3 Å². The number of methoxy groups -OCH3 is 1. The van der Waals surface area contributed by atoms with Crippen LogP contribution in [0, 0.1) is 0 Å². The van der Waals surface area contributed by atoms with Crippen molar-refractivity contribution in [3.63, 3.8) is 0 Å². The molecule has 0 atom stereocenters. The molecule has 0 bridgehead atoms. The SMILES string of the molecule is CCOc1cccc2sc(=NC(=O)c3cccs3)n(CC(=O)OC)c12. The molecular formula is C17H16N2O4S2. The minimum absolute atomic E-state index is 0.0445. The number of hydrogen-bond acceptors (Lipinski definition) is 6. The molecule has 130 valence electrons.